The molecule has 3 rings (SSSR count). The lowest BCUT2D eigenvalue weighted by molar-refractivity contribution is 0.102. The normalized spacial score (nSPS) is 10.7. The van der Waals surface area contributed by atoms with Crippen molar-refractivity contribution in [2.45, 2.75) is 18.2 Å². The quantitative estimate of drug-likeness (QED) is 0.450. The van der Waals surface area contributed by atoms with Gasteiger partial charge in [0.1, 0.15) is 0 Å². The lowest BCUT2D eigenvalue weighted by atomic mass is 10.1. The number of benzene rings is 1. The number of anilines is 1. The van der Waals surface area contributed by atoms with Gasteiger partial charge >= 0.3 is 0 Å². The second-order valence-corrected chi connectivity index (χ2v) is 8.50. The van der Waals surface area contributed by atoms with Crippen LogP contribution in [0, 0.1) is 6.92 Å². The van der Waals surface area contributed by atoms with Gasteiger partial charge in [-0.25, -0.2) is 0 Å². The standard InChI is InChI=1S/C17H15BrN4OS2/c1-3-24-17-22-21-16(25-17)20-15(23)13-7-8-14(19-10(13)2)11-5-4-6-12(18)9-11/h4-9H,3H2,1-2H3,(H,20,21,23). The van der Waals surface area contributed by atoms with Crippen LogP contribution < -0.4 is 5.32 Å². The molecule has 0 aliphatic carbocycles. The first-order valence-corrected chi connectivity index (χ1v) is 10.2. The second-order valence-electron chi connectivity index (χ2n) is 5.10. The van der Waals surface area contributed by atoms with E-state index in [2.05, 4.69) is 36.4 Å². The Hall–Kier alpha value is -1.77. The molecule has 1 N–H and O–H groups in total. The first kappa shape index (κ1) is 18.0. The first-order chi connectivity index (χ1) is 12.1. The highest BCUT2D eigenvalue weighted by molar-refractivity contribution is 9.10. The van der Waals surface area contributed by atoms with Gasteiger partial charge in [-0.3, -0.25) is 15.1 Å². The van der Waals surface area contributed by atoms with Crippen LogP contribution in [-0.4, -0.2) is 26.8 Å². The van der Waals surface area contributed by atoms with Gasteiger partial charge in [0.05, 0.1) is 17.0 Å². The van der Waals surface area contributed by atoms with E-state index in [0.29, 0.717) is 16.4 Å². The van der Waals surface area contributed by atoms with Crippen LogP contribution in [0.15, 0.2) is 45.2 Å². The van der Waals surface area contributed by atoms with Crippen LogP contribution in [0.2, 0.25) is 0 Å². The summed E-state index contributed by atoms with van der Waals surface area (Å²) in [4.78, 5) is 17.0. The van der Waals surface area contributed by atoms with Crippen molar-refractivity contribution in [3.05, 3.63) is 52.1 Å². The molecular weight excluding hydrogens is 420 g/mol. The number of amides is 1. The fourth-order valence-corrected chi connectivity index (χ4v) is 4.26. The molecule has 3 aromatic rings. The first-order valence-electron chi connectivity index (χ1n) is 7.58. The number of hydrogen-bond donors (Lipinski definition) is 1. The number of halogens is 1. The molecule has 8 heteroatoms. The molecule has 2 heterocycles. The number of rotatable bonds is 5. The Bertz CT molecular complexity index is 913. The molecule has 0 bridgehead atoms. The zero-order valence-electron chi connectivity index (χ0n) is 13.6. The average molecular weight is 435 g/mol. The van der Waals surface area contributed by atoms with Crippen LogP contribution in [0.5, 0.6) is 0 Å². The molecular formula is C17H15BrN4OS2. The minimum absolute atomic E-state index is 0.227. The Morgan fingerprint density at radius 1 is 1.28 bits per heavy atom. The molecule has 128 valence electrons. The molecule has 0 atom stereocenters. The number of carbonyl (C=O) groups excluding carboxylic acids is 1. The zero-order chi connectivity index (χ0) is 17.8. The minimum Gasteiger partial charge on any atom is -0.296 e. The van der Waals surface area contributed by atoms with E-state index in [9.17, 15) is 4.79 Å². The molecule has 1 amide bonds. The summed E-state index contributed by atoms with van der Waals surface area (Å²) >= 11 is 6.43. The van der Waals surface area contributed by atoms with Crippen LogP contribution in [0.1, 0.15) is 23.0 Å². The number of hydrogen-bond acceptors (Lipinski definition) is 6. The second kappa shape index (κ2) is 8.07. The summed E-state index contributed by atoms with van der Waals surface area (Å²) in [6, 6.07) is 11.5. The molecule has 2 aromatic heterocycles. The van der Waals surface area contributed by atoms with E-state index in [0.717, 1.165) is 25.8 Å². The van der Waals surface area contributed by atoms with Crippen molar-refractivity contribution in [3.8, 4) is 11.3 Å². The number of thioether (sulfide) groups is 1. The van der Waals surface area contributed by atoms with Crippen molar-refractivity contribution in [1.29, 1.82) is 0 Å². The molecule has 0 saturated heterocycles. The van der Waals surface area contributed by atoms with Gasteiger partial charge in [0.25, 0.3) is 5.91 Å². The molecule has 0 saturated carbocycles. The third-order valence-electron chi connectivity index (χ3n) is 3.35. The lowest BCUT2D eigenvalue weighted by Gasteiger charge is -2.08. The van der Waals surface area contributed by atoms with Crippen LogP contribution in [-0.2, 0) is 0 Å². The summed E-state index contributed by atoms with van der Waals surface area (Å²) < 4.78 is 1.83. The van der Waals surface area contributed by atoms with Crippen molar-refractivity contribution in [2.24, 2.45) is 0 Å². The predicted octanol–water partition coefficient (Wildman–Crippen LogP) is 5.04. The lowest BCUT2D eigenvalue weighted by Crippen LogP contribution is -2.14. The highest BCUT2D eigenvalue weighted by Crippen LogP contribution is 2.26. The van der Waals surface area contributed by atoms with E-state index < -0.39 is 0 Å². The fraction of sp³-hybridized carbons (Fsp3) is 0.176. The number of aryl methyl sites for hydroxylation is 1. The Morgan fingerprint density at radius 3 is 2.84 bits per heavy atom. The number of carbonyl (C=O) groups is 1. The Morgan fingerprint density at radius 2 is 2.12 bits per heavy atom. The summed E-state index contributed by atoms with van der Waals surface area (Å²) in [5, 5.41) is 11.3. The van der Waals surface area contributed by atoms with E-state index in [-0.39, 0.29) is 5.91 Å². The predicted molar refractivity (Wildman–Crippen MR) is 106 cm³/mol. The fourth-order valence-electron chi connectivity index (χ4n) is 2.22. The molecule has 0 unspecified atom stereocenters. The minimum atomic E-state index is -0.227. The molecule has 5 nitrogen and oxygen atoms in total. The number of aromatic nitrogens is 3. The summed E-state index contributed by atoms with van der Waals surface area (Å²) in [5.74, 6) is 0.692. The molecule has 0 radical (unpaired) electrons. The summed E-state index contributed by atoms with van der Waals surface area (Å²) in [5.41, 5.74) is 3.02. The largest absolute Gasteiger partial charge is 0.296 e. The van der Waals surface area contributed by atoms with Gasteiger partial charge in [-0.05, 0) is 36.9 Å². The molecule has 25 heavy (non-hydrogen) atoms. The van der Waals surface area contributed by atoms with Gasteiger partial charge in [0, 0.05) is 10.0 Å². The summed E-state index contributed by atoms with van der Waals surface area (Å²) in [7, 11) is 0. The molecule has 0 aliphatic heterocycles. The summed E-state index contributed by atoms with van der Waals surface area (Å²) in [6.07, 6.45) is 0. The maximum Gasteiger partial charge on any atom is 0.259 e. The molecule has 0 spiro atoms. The van der Waals surface area contributed by atoms with E-state index in [4.69, 9.17) is 0 Å². The number of nitrogens with one attached hydrogen (secondary N) is 1. The Balaban J connectivity index is 1.79. The highest BCUT2D eigenvalue weighted by Gasteiger charge is 2.14. The summed E-state index contributed by atoms with van der Waals surface area (Å²) in [6.45, 7) is 3.88. The molecule has 1 aromatic carbocycles. The smallest absolute Gasteiger partial charge is 0.259 e. The topological polar surface area (TPSA) is 67.8 Å². The van der Waals surface area contributed by atoms with Gasteiger partial charge in [-0.2, -0.15) is 0 Å². The van der Waals surface area contributed by atoms with E-state index >= 15 is 0 Å². The number of nitrogens with zero attached hydrogens (tertiary/aromatic N) is 3. The maximum atomic E-state index is 12.5. The number of pyridine rings is 1. The Kier molecular flexibility index (Phi) is 5.82. The van der Waals surface area contributed by atoms with Gasteiger partial charge < -0.3 is 0 Å². The monoisotopic (exact) mass is 434 g/mol. The van der Waals surface area contributed by atoms with Gasteiger partial charge in [-0.1, -0.05) is 58.1 Å². The van der Waals surface area contributed by atoms with E-state index in [1.807, 2.05) is 44.2 Å². The van der Waals surface area contributed by atoms with Crippen LogP contribution >= 0.6 is 39.0 Å². The Labute approximate surface area is 162 Å². The van der Waals surface area contributed by atoms with Crippen LogP contribution in [0.25, 0.3) is 11.3 Å². The maximum absolute atomic E-state index is 12.5. The van der Waals surface area contributed by atoms with Crippen molar-refractivity contribution in [3.63, 3.8) is 0 Å². The molecule has 0 fully saturated rings. The van der Waals surface area contributed by atoms with Gasteiger partial charge in [0.15, 0.2) is 4.34 Å². The highest BCUT2D eigenvalue weighted by atomic mass is 79.9. The van der Waals surface area contributed by atoms with Crippen molar-refractivity contribution in [2.75, 3.05) is 11.1 Å². The average Bonchev–Trinajstić information content (AvgIpc) is 3.02. The third kappa shape index (κ3) is 4.45. The third-order valence-corrected chi connectivity index (χ3v) is 5.69. The SMILES string of the molecule is CCSc1nnc(NC(=O)c2ccc(-c3cccc(Br)c3)nc2C)s1. The molecule has 0 aliphatic rings. The van der Waals surface area contributed by atoms with Crippen molar-refractivity contribution in [1.82, 2.24) is 15.2 Å². The van der Waals surface area contributed by atoms with Crippen molar-refractivity contribution >= 4 is 50.1 Å². The zero-order valence-corrected chi connectivity index (χ0v) is 16.8. The van der Waals surface area contributed by atoms with E-state index in [1.165, 1.54) is 11.3 Å². The van der Waals surface area contributed by atoms with E-state index in [1.54, 1.807) is 17.8 Å². The van der Waals surface area contributed by atoms with Gasteiger partial charge in [0.2, 0.25) is 5.13 Å². The van der Waals surface area contributed by atoms with Crippen LogP contribution in [0.3, 0.4) is 0 Å². The van der Waals surface area contributed by atoms with Crippen LogP contribution in [0.4, 0.5) is 5.13 Å². The van der Waals surface area contributed by atoms with Crippen molar-refractivity contribution < 1.29 is 4.79 Å². The van der Waals surface area contributed by atoms with Gasteiger partial charge in [-0.15, -0.1) is 10.2 Å².